The highest BCUT2D eigenvalue weighted by Gasteiger charge is 2.28. The van der Waals surface area contributed by atoms with Crippen LogP contribution in [-0.2, 0) is 11.8 Å². The Balaban J connectivity index is 1.31. The topological polar surface area (TPSA) is 174 Å². The van der Waals surface area contributed by atoms with Crippen LogP contribution in [0.1, 0.15) is 50.0 Å². The summed E-state index contributed by atoms with van der Waals surface area (Å²) in [6.07, 6.45) is 7.44. The van der Waals surface area contributed by atoms with Crippen LogP contribution in [-0.4, -0.2) is 82.4 Å². The number of para-hydroxylation sites is 1. The fourth-order valence-electron chi connectivity index (χ4n) is 4.69. The first-order valence-corrected chi connectivity index (χ1v) is 13.7. The number of carboxylic acid groups (broad SMARTS) is 1. The van der Waals surface area contributed by atoms with Crippen molar-refractivity contribution >= 4 is 35.2 Å². The fourth-order valence-corrected chi connectivity index (χ4v) is 4.69. The number of carboxylic acids is 1. The van der Waals surface area contributed by atoms with Gasteiger partial charge in [-0.2, -0.15) is 15.2 Å². The van der Waals surface area contributed by atoms with Gasteiger partial charge in [-0.25, -0.2) is 19.6 Å². The third-order valence-electron chi connectivity index (χ3n) is 6.68. The Morgan fingerprint density at radius 1 is 1.09 bits per heavy atom. The molecule has 1 fully saturated rings. The standard InChI is InChI=1S/C28H34N10O5/c1-28(2,3)43-27(41)37-11-9-18(10-12-37)38-15-17(13-31-38)32-26-29-14-20(25(39)40)24(34-26)33-21-8-6-7-19(22(21)42-5)23-30-16-36(4)35-23/h6-8,13-16,18H,9-12H2,1-5H3,(H,39,40)(H2,29,32,33,34). The molecule has 0 saturated carbocycles. The molecule has 0 bridgehead atoms. The lowest BCUT2D eigenvalue weighted by atomic mass is 10.1. The van der Waals surface area contributed by atoms with Gasteiger partial charge in [0.25, 0.3) is 0 Å². The Labute approximate surface area is 247 Å². The number of carbonyl (C=O) groups is 2. The van der Waals surface area contributed by atoms with E-state index in [0.29, 0.717) is 41.6 Å². The van der Waals surface area contributed by atoms with Crippen LogP contribution in [0.3, 0.4) is 0 Å². The number of anilines is 4. The normalized spacial score (nSPS) is 13.9. The zero-order valence-corrected chi connectivity index (χ0v) is 24.6. The minimum Gasteiger partial charge on any atom is -0.494 e. The van der Waals surface area contributed by atoms with Gasteiger partial charge < -0.3 is 30.1 Å². The number of nitrogens with zero attached hydrogens (tertiary/aromatic N) is 8. The van der Waals surface area contributed by atoms with E-state index in [1.54, 1.807) is 41.3 Å². The van der Waals surface area contributed by atoms with Crippen molar-refractivity contribution in [3.63, 3.8) is 0 Å². The summed E-state index contributed by atoms with van der Waals surface area (Å²) >= 11 is 0. The molecular formula is C28H34N10O5. The lowest BCUT2D eigenvalue weighted by Gasteiger charge is -2.33. The minimum atomic E-state index is -1.19. The Bertz CT molecular complexity index is 1620. The minimum absolute atomic E-state index is 0.0661. The van der Waals surface area contributed by atoms with E-state index in [1.165, 1.54) is 13.3 Å². The lowest BCUT2D eigenvalue weighted by molar-refractivity contribution is 0.0184. The van der Waals surface area contributed by atoms with Gasteiger partial charge in [-0.15, -0.1) is 0 Å². The molecule has 3 N–H and O–H groups in total. The van der Waals surface area contributed by atoms with Crippen LogP contribution in [0.2, 0.25) is 0 Å². The molecule has 1 saturated heterocycles. The van der Waals surface area contributed by atoms with E-state index in [2.05, 4.69) is 35.8 Å². The third kappa shape index (κ3) is 6.82. The van der Waals surface area contributed by atoms with E-state index in [0.717, 1.165) is 12.8 Å². The van der Waals surface area contributed by atoms with Gasteiger partial charge in [0.2, 0.25) is 5.95 Å². The van der Waals surface area contributed by atoms with Crippen molar-refractivity contribution < 1.29 is 24.2 Å². The van der Waals surface area contributed by atoms with Crippen LogP contribution >= 0.6 is 0 Å². The van der Waals surface area contributed by atoms with Crippen LogP contribution < -0.4 is 15.4 Å². The number of carbonyl (C=O) groups excluding carboxylic acids is 1. The first-order valence-electron chi connectivity index (χ1n) is 13.7. The van der Waals surface area contributed by atoms with Crippen molar-refractivity contribution in [2.24, 2.45) is 7.05 Å². The number of hydrogen-bond acceptors (Lipinski definition) is 11. The fraction of sp³-hybridized carbons (Fsp3) is 0.393. The Hall–Kier alpha value is -5.21. The number of aromatic carboxylic acids is 1. The molecule has 15 heteroatoms. The number of aromatic nitrogens is 7. The number of ether oxygens (including phenoxy) is 2. The van der Waals surface area contributed by atoms with Crippen molar-refractivity contribution in [2.75, 3.05) is 30.8 Å². The lowest BCUT2D eigenvalue weighted by Crippen LogP contribution is -2.42. The maximum Gasteiger partial charge on any atom is 0.410 e. The van der Waals surface area contributed by atoms with Crippen molar-refractivity contribution in [3.8, 4) is 17.1 Å². The number of aryl methyl sites for hydroxylation is 1. The second-order valence-corrected chi connectivity index (χ2v) is 11.0. The first-order chi connectivity index (χ1) is 20.5. The Morgan fingerprint density at radius 3 is 2.51 bits per heavy atom. The molecule has 1 aliphatic heterocycles. The Kier molecular flexibility index (Phi) is 8.14. The molecule has 0 radical (unpaired) electrons. The summed E-state index contributed by atoms with van der Waals surface area (Å²) in [5.41, 5.74) is 1.07. The SMILES string of the molecule is COc1c(Nc2nc(Nc3cnn(C4CCN(C(=O)OC(C)(C)C)CC4)c3)ncc2C(=O)O)cccc1-c1ncn(C)n1. The largest absolute Gasteiger partial charge is 0.494 e. The van der Waals surface area contributed by atoms with Gasteiger partial charge in [-0.05, 0) is 45.7 Å². The number of rotatable bonds is 8. The van der Waals surface area contributed by atoms with Gasteiger partial charge >= 0.3 is 12.1 Å². The molecule has 0 atom stereocenters. The number of piperidine rings is 1. The predicted molar refractivity (Wildman–Crippen MR) is 157 cm³/mol. The molecule has 0 unspecified atom stereocenters. The molecule has 43 heavy (non-hydrogen) atoms. The number of methoxy groups -OCH3 is 1. The van der Waals surface area contributed by atoms with E-state index in [9.17, 15) is 14.7 Å². The molecule has 3 aromatic heterocycles. The van der Waals surface area contributed by atoms with Crippen molar-refractivity contribution in [2.45, 2.75) is 45.3 Å². The Morgan fingerprint density at radius 2 is 1.86 bits per heavy atom. The zero-order chi connectivity index (χ0) is 30.7. The molecule has 0 aliphatic carbocycles. The van der Waals surface area contributed by atoms with Crippen molar-refractivity contribution in [3.05, 3.63) is 48.7 Å². The molecule has 4 aromatic rings. The molecule has 1 aromatic carbocycles. The van der Waals surface area contributed by atoms with E-state index in [4.69, 9.17) is 9.47 Å². The number of nitrogens with one attached hydrogen (secondary N) is 2. The average molecular weight is 591 g/mol. The molecule has 1 aliphatic rings. The second kappa shape index (κ2) is 12.0. The summed E-state index contributed by atoms with van der Waals surface area (Å²) in [5.74, 6) is -0.0677. The number of hydrogen-bond donors (Lipinski definition) is 3. The molecule has 1 amide bonds. The molecule has 15 nitrogen and oxygen atoms in total. The molecular weight excluding hydrogens is 556 g/mol. The van der Waals surface area contributed by atoms with Gasteiger partial charge in [0.1, 0.15) is 17.5 Å². The van der Waals surface area contributed by atoms with Gasteiger partial charge in [0.05, 0.1) is 36.3 Å². The van der Waals surface area contributed by atoms with Crippen LogP contribution in [0, 0.1) is 0 Å². The summed E-state index contributed by atoms with van der Waals surface area (Å²) < 4.78 is 14.6. The second-order valence-electron chi connectivity index (χ2n) is 11.0. The van der Waals surface area contributed by atoms with Gasteiger partial charge in [0.15, 0.2) is 17.4 Å². The maximum absolute atomic E-state index is 12.4. The predicted octanol–water partition coefficient (Wildman–Crippen LogP) is 4.23. The quantitative estimate of drug-likeness (QED) is 0.267. The highest BCUT2D eigenvalue weighted by Crippen LogP contribution is 2.37. The maximum atomic E-state index is 12.4. The monoisotopic (exact) mass is 590 g/mol. The van der Waals surface area contributed by atoms with Gasteiger partial charge in [-0.1, -0.05) is 6.07 Å². The molecule has 0 spiro atoms. The van der Waals surface area contributed by atoms with Crippen molar-refractivity contribution in [1.29, 1.82) is 0 Å². The van der Waals surface area contributed by atoms with Gasteiger partial charge in [0, 0.05) is 32.5 Å². The summed E-state index contributed by atoms with van der Waals surface area (Å²) in [6, 6.07) is 5.44. The zero-order valence-electron chi connectivity index (χ0n) is 24.6. The highest BCUT2D eigenvalue weighted by molar-refractivity contribution is 5.94. The van der Waals surface area contributed by atoms with E-state index in [-0.39, 0.29) is 29.5 Å². The summed E-state index contributed by atoms with van der Waals surface area (Å²) in [7, 11) is 3.27. The highest BCUT2D eigenvalue weighted by atomic mass is 16.6. The molecule has 4 heterocycles. The van der Waals surface area contributed by atoms with Gasteiger partial charge in [-0.3, -0.25) is 9.36 Å². The summed E-state index contributed by atoms with van der Waals surface area (Å²) in [5, 5.41) is 24.8. The molecule has 5 rings (SSSR count). The van der Waals surface area contributed by atoms with E-state index >= 15 is 0 Å². The number of likely N-dealkylation sites (tertiary alicyclic amines) is 1. The number of amides is 1. The van der Waals surface area contributed by atoms with Crippen LogP contribution in [0.4, 0.5) is 27.9 Å². The van der Waals surface area contributed by atoms with E-state index < -0.39 is 11.6 Å². The smallest absolute Gasteiger partial charge is 0.410 e. The summed E-state index contributed by atoms with van der Waals surface area (Å²) in [4.78, 5) is 39.0. The first kappa shape index (κ1) is 29.3. The van der Waals surface area contributed by atoms with Crippen molar-refractivity contribution in [1.82, 2.24) is 39.4 Å². The van der Waals surface area contributed by atoms with Crippen LogP contribution in [0.15, 0.2) is 43.1 Å². The van der Waals surface area contributed by atoms with E-state index in [1.807, 2.05) is 37.7 Å². The number of benzene rings is 1. The average Bonchev–Trinajstić information content (AvgIpc) is 3.61. The molecule has 226 valence electrons. The summed E-state index contributed by atoms with van der Waals surface area (Å²) in [6.45, 7) is 6.69. The van der Waals surface area contributed by atoms with Crippen LogP contribution in [0.25, 0.3) is 11.4 Å². The van der Waals surface area contributed by atoms with Crippen LogP contribution in [0.5, 0.6) is 5.75 Å². The third-order valence-corrected chi connectivity index (χ3v) is 6.68.